The first kappa shape index (κ1) is 18.1. The summed E-state index contributed by atoms with van der Waals surface area (Å²) in [4.78, 5) is 0.0978. The lowest BCUT2D eigenvalue weighted by atomic mass is 10.3. The maximum atomic E-state index is 12.3. The van der Waals surface area contributed by atoms with Crippen LogP contribution in [-0.4, -0.2) is 37.2 Å². The molecule has 0 aliphatic rings. The SMILES string of the molecule is COc1ccc(S(=O)(=O)Nc2ccc(N(C)S(C)(=O)=O)cc2)cc1. The van der Waals surface area contributed by atoms with E-state index in [-0.39, 0.29) is 4.90 Å². The Kier molecular flexibility index (Phi) is 5.05. The van der Waals surface area contributed by atoms with Crippen molar-refractivity contribution in [2.75, 3.05) is 29.4 Å². The molecule has 130 valence electrons. The lowest BCUT2D eigenvalue weighted by Gasteiger charge is -2.17. The van der Waals surface area contributed by atoms with Crippen molar-refractivity contribution in [2.45, 2.75) is 4.90 Å². The molecule has 0 amide bonds. The van der Waals surface area contributed by atoms with Crippen LogP contribution in [0.5, 0.6) is 5.75 Å². The third-order valence-corrected chi connectivity index (χ3v) is 5.95. The number of hydrogen-bond acceptors (Lipinski definition) is 5. The number of anilines is 2. The monoisotopic (exact) mass is 370 g/mol. The molecule has 0 unspecified atom stereocenters. The van der Waals surface area contributed by atoms with Crippen LogP contribution in [0.15, 0.2) is 53.4 Å². The second kappa shape index (κ2) is 6.70. The minimum Gasteiger partial charge on any atom is -0.497 e. The number of benzene rings is 2. The van der Waals surface area contributed by atoms with Gasteiger partial charge in [-0.05, 0) is 48.5 Å². The van der Waals surface area contributed by atoms with Gasteiger partial charge in [0.05, 0.1) is 23.9 Å². The summed E-state index contributed by atoms with van der Waals surface area (Å²) in [5, 5.41) is 0. The first-order valence-corrected chi connectivity index (χ1v) is 10.2. The Balaban J connectivity index is 2.20. The van der Waals surface area contributed by atoms with Gasteiger partial charge in [-0.1, -0.05) is 0 Å². The second-order valence-electron chi connectivity index (χ2n) is 5.06. The predicted octanol–water partition coefficient (Wildman–Crippen LogP) is 1.89. The summed E-state index contributed by atoms with van der Waals surface area (Å²) >= 11 is 0. The number of methoxy groups -OCH3 is 1. The lowest BCUT2D eigenvalue weighted by Crippen LogP contribution is -2.24. The zero-order valence-corrected chi connectivity index (χ0v) is 15.1. The van der Waals surface area contributed by atoms with E-state index in [0.717, 1.165) is 10.6 Å². The Labute approximate surface area is 142 Å². The largest absolute Gasteiger partial charge is 0.497 e. The molecule has 0 spiro atoms. The van der Waals surface area contributed by atoms with Gasteiger partial charge < -0.3 is 4.74 Å². The molecule has 2 aromatic carbocycles. The van der Waals surface area contributed by atoms with Gasteiger partial charge in [0, 0.05) is 12.7 Å². The van der Waals surface area contributed by atoms with Crippen molar-refractivity contribution in [3.8, 4) is 5.75 Å². The molecule has 2 aromatic rings. The van der Waals surface area contributed by atoms with E-state index < -0.39 is 20.0 Å². The van der Waals surface area contributed by atoms with E-state index in [9.17, 15) is 16.8 Å². The average molecular weight is 370 g/mol. The first-order valence-electron chi connectivity index (χ1n) is 6.84. The standard InChI is InChI=1S/C15H18N2O5S2/c1-17(23(3,18)19)13-6-4-12(5-7-13)16-24(20,21)15-10-8-14(22-2)9-11-15/h4-11,16H,1-3H3. The van der Waals surface area contributed by atoms with Crippen LogP contribution in [0.2, 0.25) is 0 Å². The highest BCUT2D eigenvalue weighted by atomic mass is 32.2. The molecule has 7 nitrogen and oxygen atoms in total. The number of nitrogens with one attached hydrogen (secondary N) is 1. The third kappa shape index (κ3) is 4.18. The zero-order chi connectivity index (χ0) is 18.0. The summed E-state index contributed by atoms with van der Waals surface area (Å²) in [5.41, 5.74) is 0.765. The molecular formula is C15H18N2O5S2. The molecule has 0 saturated carbocycles. The van der Waals surface area contributed by atoms with Gasteiger partial charge in [0.25, 0.3) is 10.0 Å². The fraction of sp³-hybridized carbons (Fsp3) is 0.200. The Morgan fingerprint density at radius 1 is 0.917 bits per heavy atom. The van der Waals surface area contributed by atoms with Crippen LogP contribution in [0.25, 0.3) is 0 Å². The Hall–Kier alpha value is -2.26. The number of nitrogens with zero attached hydrogens (tertiary/aromatic N) is 1. The van der Waals surface area contributed by atoms with Crippen molar-refractivity contribution < 1.29 is 21.6 Å². The van der Waals surface area contributed by atoms with Crippen LogP contribution >= 0.6 is 0 Å². The normalized spacial score (nSPS) is 11.8. The highest BCUT2D eigenvalue weighted by molar-refractivity contribution is 7.92. The molecule has 0 aliphatic heterocycles. The van der Waals surface area contributed by atoms with Crippen LogP contribution in [0.3, 0.4) is 0 Å². The molecule has 0 fully saturated rings. The number of ether oxygens (including phenoxy) is 1. The average Bonchev–Trinajstić information content (AvgIpc) is 2.54. The van der Waals surface area contributed by atoms with Gasteiger partial charge in [0.2, 0.25) is 10.0 Å². The van der Waals surface area contributed by atoms with Gasteiger partial charge in [-0.3, -0.25) is 9.03 Å². The van der Waals surface area contributed by atoms with Crippen LogP contribution < -0.4 is 13.8 Å². The van der Waals surface area contributed by atoms with Gasteiger partial charge in [-0.2, -0.15) is 0 Å². The van der Waals surface area contributed by atoms with Crippen molar-refractivity contribution in [1.82, 2.24) is 0 Å². The highest BCUT2D eigenvalue weighted by Gasteiger charge is 2.15. The van der Waals surface area contributed by atoms with Gasteiger partial charge in [0.15, 0.2) is 0 Å². The molecule has 1 N–H and O–H groups in total. The minimum absolute atomic E-state index is 0.0978. The molecule has 24 heavy (non-hydrogen) atoms. The van der Waals surface area contributed by atoms with Crippen molar-refractivity contribution in [3.05, 3.63) is 48.5 Å². The van der Waals surface area contributed by atoms with Crippen LogP contribution in [0.1, 0.15) is 0 Å². The molecule has 0 aromatic heterocycles. The van der Waals surface area contributed by atoms with Crippen LogP contribution in [0.4, 0.5) is 11.4 Å². The molecule has 0 heterocycles. The molecule has 0 aliphatic carbocycles. The summed E-state index contributed by atoms with van der Waals surface area (Å²) in [5.74, 6) is 0.558. The van der Waals surface area contributed by atoms with Gasteiger partial charge in [-0.25, -0.2) is 16.8 Å². The lowest BCUT2D eigenvalue weighted by molar-refractivity contribution is 0.414. The molecule has 0 atom stereocenters. The number of rotatable bonds is 6. The van der Waals surface area contributed by atoms with Crippen molar-refractivity contribution in [2.24, 2.45) is 0 Å². The van der Waals surface area contributed by atoms with Crippen LogP contribution in [-0.2, 0) is 20.0 Å². The summed E-state index contributed by atoms with van der Waals surface area (Å²) in [6, 6.07) is 12.0. The second-order valence-corrected chi connectivity index (χ2v) is 8.75. The van der Waals surface area contributed by atoms with E-state index >= 15 is 0 Å². The highest BCUT2D eigenvalue weighted by Crippen LogP contribution is 2.22. The minimum atomic E-state index is -3.74. The van der Waals surface area contributed by atoms with Gasteiger partial charge in [0.1, 0.15) is 5.75 Å². The quantitative estimate of drug-likeness (QED) is 0.838. The number of sulfonamides is 2. The third-order valence-electron chi connectivity index (χ3n) is 3.35. The van der Waals surface area contributed by atoms with Crippen LogP contribution in [0, 0.1) is 0 Å². The Bertz CT molecular complexity index is 905. The van der Waals surface area contributed by atoms with E-state index in [1.165, 1.54) is 50.6 Å². The molecule has 9 heteroatoms. The van der Waals surface area contributed by atoms with Crippen molar-refractivity contribution in [1.29, 1.82) is 0 Å². The summed E-state index contributed by atoms with van der Waals surface area (Å²) in [7, 11) is -4.19. The molecule has 0 saturated heterocycles. The maximum Gasteiger partial charge on any atom is 0.261 e. The molecular weight excluding hydrogens is 352 g/mol. The summed E-state index contributed by atoms with van der Waals surface area (Å²) < 4.78 is 56.2. The smallest absolute Gasteiger partial charge is 0.261 e. The van der Waals surface area contributed by atoms with Crippen molar-refractivity contribution >= 4 is 31.4 Å². The fourth-order valence-electron chi connectivity index (χ4n) is 1.90. The van der Waals surface area contributed by atoms with E-state index in [4.69, 9.17) is 4.74 Å². The molecule has 0 radical (unpaired) electrons. The summed E-state index contributed by atoms with van der Waals surface area (Å²) in [6.45, 7) is 0. The van der Waals surface area contributed by atoms with Gasteiger partial charge >= 0.3 is 0 Å². The van der Waals surface area contributed by atoms with E-state index in [0.29, 0.717) is 17.1 Å². The fourth-order valence-corrected chi connectivity index (χ4v) is 3.46. The van der Waals surface area contributed by atoms with E-state index in [1.54, 1.807) is 12.1 Å². The van der Waals surface area contributed by atoms with Crippen molar-refractivity contribution in [3.63, 3.8) is 0 Å². The maximum absolute atomic E-state index is 12.3. The zero-order valence-electron chi connectivity index (χ0n) is 13.4. The molecule has 0 bridgehead atoms. The Morgan fingerprint density at radius 3 is 1.92 bits per heavy atom. The van der Waals surface area contributed by atoms with E-state index in [2.05, 4.69) is 4.72 Å². The summed E-state index contributed by atoms with van der Waals surface area (Å²) in [6.07, 6.45) is 1.09. The van der Waals surface area contributed by atoms with E-state index in [1.807, 2.05) is 0 Å². The first-order chi connectivity index (χ1) is 11.1. The number of hydrogen-bond donors (Lipinski definition) is 1. The topological polar surface area (TPSA) is 92.8 Å². The Morgan fingerprint density at radius 2 is 1.46 bits per heavy atom. The predicted molar refractivity (Wildman–Crippen MR) is 93.5 cm³/mol. The van der Waals surface area contributed by atoms with Gasteiger partial charge in [-0.15, -0.1) is 0 Å². The molecule has 2 rings (SSSR count).